The van der Waals surface area contributed by atoms with E-state index in [1.807, 2.05) is 11.3 Å². The second-order valence-corrected chi connectivity index (χ2v) is 6.12. The van der Waals surface area contributed by atoms with Crippen molar-refractivity contribution in [3.05, 3.63) is 29.6 Å². The Balaban J connectivity index is 1.76. The first-order valence-electron chi connectivity index (χ1n) is 6.72. The molecule has 2 heterocycles. The van der Waals surface area contributed by atoms with E-state index in [2.05, 4.69) is 46.9 Å². The summed E-state index contributed by atoms with van der Waals surface area (Å²) in [5.74, 6) is 0.794. The van der Waals surface area contributed by atoms with Gasteiger partial charge >= 0.3 is 0 Å². The Bertz CT molecular complexity index is 514. The number of piperidine rings is 1. The molecule has 0 spiro atoms. The van der Waals surface area contributed by atoms with Crippen molar-refractivity contribution >= 4 is 27.1 Å². The summed E-state index contributed by atoms with van der Waals surface area (Å²) in [4.78, 5) is 2.43. The summed E-state index contributed by atoms with van der Waals surface area (Å²) >= 11 is 1.85. The molecular formula is C15H20N2S. The summed E-state index contributed by atoms with van der Waals surface area (Å²) in [6.07, 6.45) is 2.68. The molecule has 0 aliphatic carbocycles. The molecule has 1 aromatic carbocycles. The first-order chi connectivity index (χ1) is 8.84. The fraction of sp³-hybridized carbons (Fsp3) is 0.467. The van der Waals surface area contributed by atoms with Gasteiger partial charge in [0.15, 0.2) is 0 Å². The molecule has 1 aliphatic heterocycles. The molecule has 0 radical (unpaired) electrons. The van der Waals surface area contributed by atoms with Crippen LogP contribution < -0.4 is 10.2 Å². The van der Waals surface area contributed by atoms with Crippen molar-refractivity contribution in [2.45, 2.75) is 12.8 Å². The molecule has 1 aliphatic rings. The number of nitrogens with one attached hydrogen (secondary N) is 1. The molecule has 2 nitrogen and oxygen atoms in total. The molecule has 1 saturated heterocycles. The van der Waals surface area contributed by atoms with Crippen LogP contribution in [-0.2, 0) is 0 Å². The van der Waals surface area contributed by atoms with Gasteiger partial charge in [0.1, 0.15) is 0 Å². The molecule has 3 heteroatoms. The molecule has 1 atom stereocenters. The lowest BCUT2D eigenvalue weighted by Gasteiger charge is -2.28. The summed E-state index contributed by atoms with van der Waals surface area (Å²) in [7, 11) is 2.23. The number of benzene rings is 1. The lowest BCUT2D eigenvalue weighted by molar-refractivity contribution is 0.381. The maximum atomic E-state index is 3.50. The zero-order chi connectivity index (χ0) is 12.4. The van der Waals surface area contributed by atoms with E-state index in [-0.39, 0.29) is 0 Å². The zero-order valence-corrected chi connectivity index (χ0v) is 11.7. The van der Waals surface area contributed by atoms with E-state index < -0.39 is 0 Å². The fourth-order valence-electron chi connectivity index (χ4n) is 2.82. The highest BCUT2D eigenvalue weighted by atomic mass is 32.1. The second kappa shape index (κ2) is 5.29. The third-order valence-electron chi connectivity index (χ3n) is 3.80. The summed E-state index contributed by atoms with van der Waals surface area (Å²) in [6, 6.07) is 8.69. The third-order valence-corrected chi connectivity index (χ3v) is 4.75. The molecule has 0 amide bonds. The van der Waals surface area contributed by atoms with Crippen molar-refractivity contribution in [2.75, 3.05) is 31.6 Å². The highest BCUT2D eigenvalue weighted by Crippen LogP contribution is 2.32. The molecule has 1 aromatic heterocycles. The first kappa shape index (κ1) is 12.0. The smallest absolute Gasteiger partial charge is 0.0552 e. The summed E-state index contributed by atoms with van der Waals surface area (Å²) in [5, 5.41) is 7.19. The normalized spacial score (nSPS) is 20.2. The third kappa shape index (κ3) is 2.38. The average molecular weight is 260 g/mol. The SMILES string of the molecule is CN(CC1CCCNC1)c1csc2ccccc12. The maximum absolute atomic E-state index is 3.50. The topological polar surface area (TPSA) is 15.3 Å². The lowest BCUT2D eigenvalue weighted by Crippen LogP contribution is -2.36. The van der Waals surface area contributed by atoms with Crippen LogP contribution in [0, 0.1) is 5.92 Å². The largest absolute Gasteiger partial charge is 0.373 e. The van der Waals surface area contributed by atoms with Gasteiger partial charge in [-0.3, -0.25) is 0 Å². The van der Waals surface area contributed by atoms with Crippen LogP contribution in [0.5, 0.6) is 0 Å². The molecule has 1 fully saturated rings. The minimum absolute atomic E-state index is 0.794. The van der Waals surface area contributed by atoms with E-state index in [0.717, 1.165) is 12.5 Å². The van der Waals surface area contributed by atoms with Crippen LogP contribution >= 0.6 is 11.3 Å². The van der Waals surface area contributed by atoms with Crippen LogP contribution in [0.4, 0.5) is 5.69 Å². The minimum atomic E-state index is 0.794. The van der Waals surface area contributed by atoms with Crippen molar-refractivity contribution < 1.29 is 0 Å². The van der Waals surface area contributed by atoms with Crippen LogP contribution in [0.1, 0.15) is 12.8 Å². The number of anilines is 1. The van der Waals surface area contributed by atoms with Crippen molar-refractivity contribution in [1.29, 1.82) is 0 Å². The highest BCUT2D eigenvalue weighted by molar-refractivity contribution is 7.17. The standard InChI is InChI=1S/C15H20N2S/c1-17(10-12-5-4-8-16-9-12)14-11-18-15-7-3-2-6-13(14)15/h2-3,6-7,11-12,16H,4-5,8-10H2,1H3. The van der Waals surface area contributed by atoms with E-state index in [1.54, 1.807) is 0 Å². The molecule has 0 saturated carbocycles. The monoisotopic (exact) mass is 260 g/mol. The predicted octanol–water partition coefficient (Wildman–Crippen LogP) is 3.34. The number of thiophene rings is 1. The predicted molar refractivity (Wildman–Crippen MR) is 80.7 cm³/mol. The molecule has 1 unspecified atom stereocenters. The van der Waals surface area contributed by atoms with Gasteiger partial charge in [0, 0.05) is 29.1 Å². The number of rotatable bonds is 3. The molecule has 2 aromatic rings. The highest BCUT2D eigenvalue weighted by Gasteiger charge is 2.16. The van der Waals surface area contributed by atoms with Crippen molar-refractivity contribution in [3.8, 4) is 0 Å². The van der Waals surface area contributed by atoms with Gasteiger partial charge in [-0.05, 0) is 37.9 Å². The van der Waals surface area contributed by atoms with E-state index in [4.69, 9.17) is 0 Å². The van der Waals surface area contributed by atoms with Crippen LogP contribution in [0.25, 0.3) is 10.1 Å². The summed E-state index contributed by atoms with van der Waals surface area (Å²) in [5.41, 5.74) is 1.39. The van der Waals surface area contributed by atoms with Gasteiger partial charge < -0.3 is 10.2 Å². The van der Waals surface area contributed by atoms with Crippen molar-refractivity contribution in [3.63, 3.8) is 0 Å². The molecule has 96 valence electrons. The Hall–Kier alpha value is -1.06. The van der Waals surface area contributed by atoms with Gasteiger partial charge in [0.05, 0.1) is 5.69 Å². The van der Waals surface area contributed by atoms with Crippen LogP contribution in [0.2, 0.25) is 0 Å². The Morgan fingerprint density at radius 1 is 1.39 bits per heavy atom. The van der Waals surface area contributed by atoms with E-state index in [0.29, 0.717) is 0 Å². The van der Waals surface area contributed by atoms with Crippen LogP contribution in [0.15, 0.2) is 29.6 Å². The average Bonchev–Trinajstić information content (AvgIpc) is 2.84. The lowest BCUT2D eigenvalue weighted by atomic mass is 9.99. The quantitative estimate of drug-likeness (QED) is 0.910. The van der Waals surface area contributed by atoms with Crippen molar-refractivity contribution in [1.82, 2.24) is 5.32 Å². The van der Waals surface area contributed by atoms with Gasteiger partial charge in [0.2, 0.25) is 0 Å². The Kier molecular flexibility index (Phi) is 3.52. The maximum Gasteiger partial charge on any atom is 0.0552 e. The van der Waals surface area contributed by atoms with E-state index in [1.165, 1.54) is 41.7 Å². The molecular weight excluding hydrogens is 240 g/mol. The van der Waals surface area contributed by atoms with E-state index >= 15 is 0 Å². The number of hydrogen-bond acceptors (Lipinski definition) is 3. The summed E-state index contributed by atoms with van der Waals surface area (Å²) in [6.45, 7) is 3.53. The Labute approximate surface area is 113 Å². The van der Waals surface area contributed by atoms with Crippen LogP contribution in [0.3, 0.4) is 0 Å². The summed E-state index contributed by atoms with van der Waals surface area (Å²) < 4.78 is 1.39. The molecule has 0 bridgehead atoms. The van der Waals surface area contributed by atoms with Gasteiger partial charge in [-0.25, -0.2) is 0 Å². The minimum Gasteiger partial charge on any atom is -0.373 e. The number of hydrogen-bond donors (Lipinski definition) is 1. The molecule has 1 N–H and O–H groups in total. The molecule has 3 rings (SSSR count). The van der Waals surface area contributed by atoms with Gasteiger partial charge in [-0.15, -0.1) is 11.3 Å². The zero-order valence-electron chi connectivity index (χ0n) is 10.9. The second-order valence-electron chi connectivity index (χ2n) is 5.21. The van der Waals surface area contributed by atoms with E-state index in [9.17, 15) is 0 Å². The van der Waals surface area contributed by atoms with Gasteiger partial charge in [-0.1, -0.05) is 18.2 Å². The van der Waals surface area contributed by atoms with Crippen LogP contribution in [-0.4, -0.2) is 26.7 Å². The number of fused-ring (bicyclic) bond motifs is 1. The van der Waals surface area contributed by atoms with Gasteiger partial charge in [0.25, 0.3) is 0 Å². The number of nitrogens with zero attached hydrogens (tertiary/aromatic N) is 1. The molecule has 18 heavy (non-hydrogen) atoms. The Morgan fingerprint density at radius 3 is 3.11 bits per heavy atom. The van der Waals surface area contributed by atoms with Crippen molar-refractivity contribution in [2.24, 2.45) is 5.92 Å². The first-order valence-corrected chi connectivity index (χ1v) is 7.60. The Morgan fingerprint density at radius 2 is 2.28 bits per heavy atom. The fourth-order valence-corrected chi connectivity index (χ4v) is 3.83. The van der Waals surface area contributed by atoms with Gasteiger partial charge in [-0.2, -0.15) is 0 Å².